The topological polar surface area (TPSA) is 50.7 Å². The highest BCUT2D eigenvalue weighted by molar-refractivity contribution is 5.97. The van der Waals surface area contributed by atoms with Crippen LogP contribution < -0.4 is 5.48 Å². The predicted molar refractivity (Wildman–Crippen MR) is 49.2 cm³/mol. The highest BCUT2D eigenvalue weighted by Gasteiger charge is 2.02. The van der Waals surface area contributed by atoms with Gasteiger partial charge < -0.3 is 4.84 Å². The van der Waals surface area contributed by atoms with Crippen molar-refractivity contribution in [3.63, 3.8) is 0 Å². The van der Waals surface area contributed by atoms with E-state index in [0.717, 1.165) is 5.56 Å². The third-order valence-corrected chi connectivity index (χ3v) is 1.39. The van der Waals surface area contributed by atoms with E-state index in [1.807, 2.05) is 18.2 Å². The van der Waals surface area contributed by atoms with Crippen LogP contribution in [0.25, 0.3) is 0 Å². The maximum atomic E-state index is 10.2. The molecule has 1 amide bonds. The molecular formula is C9H10N2O2. The van der Waals surface area contributed by atoms with Crippen LogP contribution in [0.2, 0.25) is 0 Å². The van der Waals surface area contributed by atoms with Crippen molar-refractivity contribution in [2.75, 3.05) is 7.05 Å². The zero-order chi connectivity index (χ0) is 9.52. The van der Waals surface area contributed by atoms with Gasteiger partial charge in [-0.05, 0) is 12.1 Å². The second-order valence-electron chi connectivity index (χ2n) is 2.21. The van der Waals surface area contributed by atoms with E-state index in [4.69, 9.17) is 4.84 Å². The minimum atomic E-state index is 0.262. The number of hydroxylamine groups is 1. The van der Waals surface area contributed by atoms with E-state index < -0.39 is 0 Å². The Morgan fingerprint density at radius 3 is 2.69 bits per heavy atom. The summed E-state index contributed by atoms with van der Waals surface area (Å²) in [6.45, 7) is 0. The van der Waals surface area contributed by atoms with Crippen LogP contribution in [-0.4, -0.2) is 19.4 Å². The third kappa shape index (κ3) is 2.68. The molecule has 13 heavy (non-hydrogen) atoms. The van der Waals surface area contributed by atoms with Crippen molar-refractivity contribution < 1.29 is 9.63 Å². The molecule has 0 spiro atoms. The van der Waals surface area contributed by atoms with Gasteiger partial charge in [0.25, 0.3) is 0 Å². The summed E-state index contributed by atoms with van der Waals surface area (Å²) in [4.78, 5) is 18.6. The molecule has 4 nitrogen and oxygen atoms in total. The summed E-state index contributed by atoms with van der Waals surface area (Å²) in [6, 6.07) is 9.17. The Morgan fingerprint density at radius 2 is 2.15 bits per heavy atom. The summed E-state index contributed by atoms with van der Waals surface area (Å²) in [7, 11) is 1.60. The van der Waals surface area contributed by atoms with Gasteiger partial charge >= 0.3 is 0 Å². The quantitative estimate of drug-likeness (QED) is 0.321. The molecule has 68 valence electrons. The number of amides is 1. The van der Waals surface area contributed by atoms with Gasteiger partial charge in [-0.15, -0.1) is 0 Å². The van der Waals surface area contributed by atoms with Gasteiger partial charge in [0, 0.05) is 12.6 Å². The van der Waals surface area contributed by atoms with E-state index in [1.54, 1.807) is 19.2 Å². The molecule has 0 aromatic heterocycles. The van der Waals surface area contributed by atoms with E-state index in [2.05, 4.69) is 10.5 Å². The summed E-state index contributed by atoms with van der Waals surface area (Å²) >= 11 is 0. The number of rotatable bonds is 3. The molecule has 0 aliphatic rings. The minimum absolute atomic E-state index is 0.262. The van der Waals surface area contributed by atoms with E-state index in [9.17, 15) is 4.79 Å². The highest BCUT2D eigenvalue weighted by atomic mass is 16.7. The second-order valence-corrected chi connectivity index (χ2v) is 2.21. The molecule has 0 radical (unpaired) electrons. The summed E-state index contributed by atoms with van der Waals surface area (Å²) in [5, 5.41) is 0. The van der Waals surface area contributed by atoms with Crippen LogP contribution in [0.15, 0.2) is 35.3 Å². The van der Waals surface area contributed by atoms with Crippen LogP contribution in [-0.2, 0) is 9.63 Å². The first-order valence-electron chi connectivity index (χ1n) is 3.79. The molecule has 0 heterocycles. The lowest BCUT2D eigenvalue weighted by Gasteiger charge is -2.04. The fourth-order valence-electron chi connectivity index (χ4n) is 0.885. The first-order valence-corrected chi connectivity index (χ1v) is 3.79. The molecule has 0 bridgehead atoms. The molecule has 0 aliphatic heterocycles. The SMILES string of the molecule is CNOC(=NC=O)c1ccccc1. The molecular weight excluding hydrogens is 168 g/mol. The third-order valence-electron chi connectivity index (χ3n) is 1.39. The number of carbonyl (C=O) groups is 1. The highest BCUT2D eigenvalue weighted by Crippen LogP contribution is 2.00. The fourth-order valence-corrected chi connectivity index (χ4v) is 0.885. The maximum Gasteiger partial charge on any atom is 0.247 e. The van der Waals surface area contributed by atoms with Crippen molar-refractivity contribution in [1.29, 1.82) is 0 Å². The van der Waals surface area contributed by atoms with Gasteiger partial charge in [0.15, 0.2) is 0 Å². The molecule has 0 aliphatic carbocycles. The van der Waals surface area contributed by atoms with Crippen molar-refractivity contribution in [2.45, 2.75) is 0 Å². The van der Waals surface area contributed by atoms with Crippen molar-refractivity contribution in [3.8, 4) is 0 Å². The Kier molecular flexibility index (Phi) is 3.66. The molecule has 0 unspecified atom stereocenters. The standard InChI is InChI=1S/C9H10N2O2/c1-10-13-9(11-7-12)8-5-3-2-4-6-8/h2-7,10H,1H3. The van der Waals surface area contributed by atoms with Crippen molar-refractivity contribution >= 4 is 12.3 Å². The van der Waals surface area contributed by atoms with E-state index in [0.29, 0.717) is 6.41 Å². The first kappa shape index (κ1) is 9.41. The Balaban J connectivity index is 2.89. The molecule has 0 atom stereocenters. The second kappa shape index (κ2) is 5.05. The van der Waals surface area contributed by atoms with Gasteiger partial charge in [0.05, 0.1) is 0 Å². The van der Waals surface area contributed by atoms with Gasteiger partial charge in [0.2, 0.25) is 12.3 Å². The lowest BCUT2D eigenvalue weighted by atomic mass is 10.2. The molecule has 0 saturated heterocycles. The van der Waals surface area contributed by atoms with Gasteiger partial charge in [-0.1, -0.05) is 18.2 Å². The monoisotopic (exact) mass is 178 g/mol. The number of carbonyl (C=O) groups excluding carboxylic acids is 1. The molecule has 0 fully saturated rings. The first-order chi connectivity index (χ1) is 6.38. The van der Waals surface area contributed by atoms with Crippen molar-refractivity contribution in [3.05, 3.63) is 35.9 Å². The Bertz CT molecular complexity index is 296. The largest absolute Gasteiger partial charge is 0.388 e. The lowest BCUT2D eigenvalue weighted by molar-refractivity contribution is -0.106. The van der Waals surface area contributed by atoms with Gasteiger partial charge in [-0.3, -0.25) is 4.79 Å². The zero-order valence-corrected chi connectivity index (χ0v) is 7.23. The number of hydrogen-bond acceptors (Lipinski definition) is 3. The van der Waals surface area contributed by atoms with Gasteiger partial charge in [-0.2, -0.15) is 10.5 Å². The number of aliphatic imine (C=N–C) groups is 1. The Morgan fingerprint density at radius 1 is 1.46 bits per heavy atom. The van der Waals surface area contributed by atoms with Crippen LogP contribution in [0.4, 0.5) is 0 Å². The average Bonchev–Trinajstić information content (AvgIpc) is 2.19. The van der Waals surface area contributed by atoms with Crippen LogP contribution in [0.1, 0.15) is 5.56 Å². The number of nitrogens with zero attached hydrogens (tertiary/aromatic N) is 1. The summed E-state index contributed by atoms with van der Waals surface area (Å²) in [5.41, 5.74) is 3.22. The van der Waals surface area contributed by atoms with Crippen molar-refractivity contribution in [1.82, 2.24) is 5.48 Å². The van der Waals surface area contributed by atoms with Crippen LogP contribution in [0, 0.1) is 0 Å². The van der Waals surface area contributed by atoms with Crippen LogP contribution in [0.5, 0.6) is 0 Å². The fraction of sp³-hybridized carbons (Fsp3) is 0.111. The molecule has 0 saturated carbocycles. The molecule has 1 N–H and O–H groups in total. The molecule has 1 aromatic carbocycles. The molecule has 1 rings (SSSR count). The van der Waals surface area contributed by atoms with Gasteiger partial charge in [0.1, 0.15) is 0 Å². The van der Waals surface area contributed by atoms with Crippen LogP contribution in [0.3, 0.4) is 0 Å². The molecule has 4 heteroatoms. The smallest absolute Gasteiger partial charge is 0.247 e. The van der Waals surface area contributed by atoms with E-state index in [-0.39, 0.29) is 5.90 Å². The summed E-state index contributed by atoms with van der Waals surface area (Å²) < 4.78 is 0. The van der Waals surface area contributed by atoms with Gasteiger partial charge in [-0.25, -0.2) is 0 Å². The van der Waals surface area contributed by atoms with E-state index in [1.165, 1.54) is 0 Å². The molecule has 1 aromatic rings. The summed E-state index contributed by atoms with van der Waals surface area (Å²) in [6.07, 6.45) is 0.444. The minimum Gasteiger partial charge on any atom is -0.388 e. The predicted octanol–water partition coefficient (Wildman–Crippen LogP) is 0.741. The Hall–Kier alpha value is -1.68. The lowest BCUT2D eigenvalue weighted by Crippen LogP contribution is -2.16. The number of hydrogen-bond donors (Lipinski definition) is 1. The summed E-state index contributed by atoms with van der Waals surface area (Å²) in [5.74, 6) is 0.262. The number of nitrogens with one attached hydrogen (secondary N) is 1. The van der Waals surface area contributed by atoms with Crippen molar-refractivity contribution in [2.24, 2.45) is 4.99 Å². The average molecular weight is 178 g/mol. The van der Waals surface area contributed by atoms with Crippen LogP contribution >= 0.6 is 0 Å². The Labute approximate surface area is 76.2 Å². The van der Waals surface area contributed by atoms with E-state index >= 15 is 0 Å². The maximum absolute atomic E-state index is 10.2. The normalized spacial score (nSPS) is 11.0. The zero-order valence-electron chi connectivity index (χ0n) is 7.23. The number of benzene rings is 1.